The van der Waals surface area contributed by atoms with Gasteiger partial charge in [-0.1, -0.05) is 6.07 Å². The summed E-state index contributed by atoms with van der Waals surface area (Å²) in [4.78, 5) is 3.43. The number of nitrogens with one attached hydrogen (secondary N) is 2. The first-order chi connectivity index (χ1) is 13.0. The van der Waals surface area contributed by atoms with E-state index in [1.807, 2.05) is 4.90 Å². The van der Waals surface area contributed by atoms with Crippen molar-refractivity contribution in [2.75, 3.05) is 29.9 Å². The highest BCUT2D eigenvalue weighted by atomic mass is 32.2. The van der Waals surface area contributed by atoms with Crippen LogP contribution in [0, 0.1) is 12.7 Å². The van der Waals surface area contributed by atoms with E-state index in [-0.39, 0.29) is 23.4 Å². The lowest BCUT2D eigenvalue weighted by Gasteiger charge is -2.34. The van der Waals surface area contributed by atoms with Gasteiger partial charge in [-0.2, -0.15) is 0 Å². The normalized spacial score (nSPS) is 18.8. The van der Waals surface area contributed by atoms with Gasteiger partial charge in [-0.3, -0.25) is 0 Å². The van der Waals surface area contributed by atoms with Crippen LogP contribution < -0.4 is 10.2 Å². The molecule has 8 heteroatoms. The van der Waals surface area contributed by atoms with Gasteiger partial charge in [0.1, 0.15) is 5.82 Å². The van der Waals surface area contributed by atoms with Crippen LogP contribution in [-0.4, -0.2) is 61.2 Å². The Balaban J connectivity index is 2.17. The van der Waals surface area contributed by atoms with E-state index in [2.05, 4.69) is 33.0 Å². The van der Waals surface area contributed by atoms with Gasteiger partial charge in [0.05, 0.1) is 36.7 Å². The molecule has 0 aromatic heterocycles. The third-order valence-electron chi connectivity index (χ3n) is 5.46. The van der Waals surface area contributed by atoms with Crippen LogP contribution in [0.2, 0.25) is 0 Å². The highest BCUT2D eigenvalue weighted by Crippen LogP contribution is 2.20. The number of hydrogen-bond acceptors (Lipinski definition) is 3. The Morgan fingerprint density at radius 1 is 1.32 bits per heavy atom. The molecule has 1 fully saturated rings. The Hall–Kier alpha value is -1.25. The molecule has 158 valence electrons. The molecule has 0 unspecified atom stereocenters. The van der Waals surface area contributed by atoms with Gasteiger partial charge in [0.15, 0.2) is 14.9 Å². The van der Waals surface area contributed by atoms with Gasteiger partial charge in [0.25, 0.3) is 0 Å². The second kappa shape index (κ2) is 9.50. The average Bonchev–Trinajstić information content (AvgIpc) is 2.93. The Bertz CT molecular complexity index is 789. The fourth-order valence-corrected chi connectivity index (χ4v) is 5.92. The minimum atomic E-state index is -3.03. The van der Waals surface area contributed by atoms with Crippen molar-refractivity contribution in [2.24, 2.45) is 0 Å². The van der Waals surface area contributed by atoms with E-state index < -0.39 is 9.84 Å². The van der Waals surface area contributed by atoms with Crippen LogP contribution in [0.3, 0.4) is 0 Å². The summed E-state index contributed by atoms with van der Waals surface area (Å²) < 4.78 is 37.9. The lowest BCUT2D eigenvalue weighted by atomic mass is 10.2. The zero-order chi connectivity index (χ0) is 21.1. The molecule has 0 aliphatic carbocycles. The number of aryl methyl sites for hydroxylation is 1. The second-order valence-corrected chi connectivity index (χ2v) is 10.9. The minimum Gasteiger partial charge on any atom is -0.339 e. The van der Waals surface area contributed by atoms with Crippen molar-refractivity contribution in [2.45, 2.75) is 59.2 Å². The number of halogens is 1. The maximum Gasteiger partial charge on any atom is 0.173 e. The summed E-state index contributed by atoms with van der Waals surface area (Å²) >= 11 is 5.62. The quantitative estimate of drug-likeness (QED) is 0.649. The third kappa shape index (κ3) is 6.12. The van der Waals surface area contributed by atoms with Crippen molar-refractivity contribution < 1.29 is 17.7 Å². The first-order valence-electron chi connectivity index (χ1n) is 9.90. The predicted molar refractivity (Wildman–Crippen MR) is 117 cm³/mol. The van der Waals surface area contributed by atoms with Gasteiger partial charge in [-0.25, -0.2) is 12.8 Å². The number of quaternary nitrogens is 1. The van der Waals surface area contributed by atoms with E-state index in [1.54, 1.807) is 19.1 Å². The van der Waals surface area contributed by atoms with Crippen LogP contribution in [0.4, 0.5) is 10.1 Å². The molecule has 5 nitrogen and oxygen atoms in total. The lowest BCUT2D eigenvalue weighted by Crippen LogP contribution is -3.18. The Labute approximate surface area is 174 Å². The van der Waals surface area contributed by atoms with Gasteiger partial charge >= 0.3 is 0 Å². The number of anilines is 1. The first-order valence-corrected chi connectivity index (χ1v) is 12.1. The Morgan fingerprint density at radius 3 is 2.46 bits per heavy atom. The van der Waals surface area contributed by atoms with Crippen molar-refractivity contribution in [1.82, 2.24) is 4.90 Å². The number of thiocarbonyl (C=S) groups is 1. The standard InChI is InChI=1S/C20H32FN3O2S2/c1-14(2)23(15(3)4)9-10-24(18-8-11-28(25,26)13-18)20(27)22-17-7-6-16(5)19(21)12-17/h6-7,12,14-15,18H,8-11,13H2,1-5H3,(H,22,27)/p+1/t18-/m0/s1. The molecule has 0 spiro atoms. The summed E-state index contributed by atoms with van der Waals surface area (Å²) in [5.41, 5.74) is 1.15. The molecular formula is C20H33FN3O2S2+. The zero-order valence-electron chi connectivity index (χ0n) is 17.5. The highest BCUT2D eigenvalue weighted by molar-refractivity contribution is 7.91. The molecule has 1 aliphatic heterocycles. The molecule has 2 N–H and O–H groups in total. The summed E-state index contributed by atoms with van der Waals surface area (Å²) in [6.07, 6.45) is 0.575. The maximum atomic E-state index is 13.9. The smallest absolute Gasteiger partial charge is 0.173 e. The molecule has 1 aromatic rings. The minimum absolute atomic E-state index is 0.121. The molecule has 1 atom stereocenters. The van der Waals surface area contributed by atoms with Gasteiger partial charge in [-0.15, -0.1) is 0 Å². The van der Waals surface area contributed by atoms with Crippen molar-refractivity contribution in [1.29, 1.82) is 0 Å². The molecular weight excluding hydrogens is 397 g/mol. The topological polar surface area (TPSA) is 53.9 Å². The van der Waals surface area contributed by atoms with Crippen molar-refractivity contribution in [3.8, 4) is 0 Å². The van der Waals surface area contributed by atoms with Gasteiger partial charge in [-0.05, 0) is 71.0 Å². The highest BCUT2D eigenvalue weighted by Gasteiger charge is 2.34. The molecule has 0 saturated carbocycles. The number of nitrogens with zero attached hydrogens (tertiary/aromatic N) is 1. The molecule has 1 heterocycles. The van der Waals surface area contributed by atoms with E-state index in [0.717, 1.165) is 6.54 Å². The van der Waals surface area contributed by atoms with E-state index >= 15 is 0 Å². The Kier molecular flexibility index (Phi) is 7.81. The molecule has 1 aliphatic rings. The second-order valence-electron chi connectivity index (χ2n) is 8.28. The van der Waals surface area contributed by atoms with Crippen LogP contribution >= 0.6 is 12.2 Å². The summed E-state index contributed by atoms with van der Waals surface area (Å²) in [5.74, 6) is 0.0226. The van der Waals surface area contributed by atoms with E-state index in [1.165, 1.54) is 11.0 Å². The van der Waals surface area contributed by atoms with Crippen molar-refractivity contribution in [3.63, 3.8) is 0 Å². The molecule has 0 bridgehead atoms. The van der Waals surface area contributed by atoms with Gasteiger partial charge in [0.2, 0.25) is 0 Å². The number of rotatable bonds is 7. The molecule has 1 saturated heterocycles. The zero-order valence-corrected chi connectivity index (χ0v) is 19.1. The maximum absolute atomic E-state index is 13.9. The lowest BCUT2D eigenvalue weighted by molar-refractivity contribution is -0.941. The average molecular weight is 431 g/mol. The SMILES string of the molecule is Cc1ccc(NC(=S)N(CC[NH+](C(C)C)C(C)C)[C@H]2CCS(=O)(=O)C2)cc1F. The largest absolute Gasteiger partial charge is 0.339 e. The Morgan fingerprint density at radius 2 is 1.96 bits per heavy atom. The molecule has 0 amide bonds. The third-order valence-corrected chi connectivity index (χ3v) is 7.54. The van der Waals surface area contributed by atoms with Crippen molar-refractivity contribution >= 4 is 32.9 Å². The van der Waals surface area contributed by atoms with Crippen LogP contribution in [0.5, 0.6) is 0 Å². The molecule has 28 heavy (non-hydrogen) atoms. The number of hydrogen-bond donors (Lipinski definition) is 2. The fourth-order valence-electron chi connectivity index (χ4n) is 3.83. The molecule has 1 aromatic carbocycles. The summed E-state index contributed by atoms with van der Waals surface area (Å²) in [5, 5.41) is 3.57. The summed E-state index contributed by atoms with van der Waals surface area (Å²) in [6.45, 7) is 12.0. The van der Waals surface area contributed by atoms with E-state index in [9.17, 15) is 12.8 Å². The fraction of sp³-hybridized carbons (Fsp3) is 0.650. The summed E-state index contributed by atoms with van der Waals surface area (Å²) in [6, 6.07) is 5.69. The van der Waals surface area contributed by atoms with Crippen molar-refractivity contribution in [3.05, 3.63) is 29.6 Å². The molecule has 2 rings (SSSR count). The van der Waals surface area contributed by atoms with Gasteiger partial charge in [0, 0.05) is 11.7 Å². The van der Waals surface area contributed by atoms with Crippen LogP contribution in [0.25, 0.3) is 0 Å². The predicted octanol–water partition coefficient (Wildman–Crippen LogP) is 2.02. The van der Waals surface area contributed by atoms with Crippen LogP contribution in [0.15, 0.2) is 18.2 Å². The van der Waals surface area contributed by atoms with Crippen LogP contribution in [0.1, 0.15) is 39.7 Å². The van der Waals surface area contributed by atoms with Crippen LogP contribution in [-0.2, 0) is 9.84 Å². The monoisotopic (exact) mass is 430 g/mol. The first kappa shape index (κ1) is 23.0. The van der Waals surface area contributed by atoms with E-state index in [4.69, 9.17) is 12.2 Å². The number of benzene rings is 1. The molecule has 0 radical (unpaired) electrons. The summed E-state index contributed by atoms with van der Waals surface area (Å²) in [7, 11) is -3.03. The number of sulfone groups is 1. The van der Waals surface area contributed by atoms with Gasteiger partial charge < -0.3 is 15.1 Å². The van der Waals surface area contributed by atoms with E-state index in [0.29, 0.717) is 41.4 Å².